The predicted molar refractivity (Wildman–Crippen MR) is 105 cm³/mol. The molecule has 0 radical (unpaired) electrons. The van der Waals surface area contributed by atoms with Crippen LogP contribution in [0.2, 0.25) is 0 Å². The van der Waals surface area contributed by atoms with Crippen molar-refractivity contribution in [1.82, 2.24) is 15.1 Å². The fourth-order valence-electron chi connectivity index (χ4n) is 3.45. The van der Waals surface area contributed by atoms with E-state index >= 15 is 0 Å². The summed E-state index contributed by atoms with van der Waals surface area (Å²) in [5.74, 6) is 0.557. The summed E-state index contributed by atoms with van der Waals surface area (Å²) in [6.45, 7) is 3.34. The number of halogens is 3. The molecule has 6 nitrogen and oxygen atoms in total. The molecule has 2 heterocycles. The number of carbonyl (C=O) groups excluding carboxylic acids is 1. The molecule has 156 valence electrons. The summed E-state index contributed by atoms with van der Waals surface area (Å²) in [6.07, 6.45) is -0.726. The van der Waals surface area contributed by atoms with E-state index < -0.39 is 17.8 Å². The fraction of sp³-hybridized carbons (Fsp3) is 0.450. The number of rotatable bonds is 6. The van der Waals surface area contributed by atoms with Crippen molar-refractivity contribution in [3.8, 4) is 0 Å². The summed E-state index contributed by atoms with van der Waals surface area (Å²) in [5, 5.41) is 10.8. The van der Waals surface area contributed by atoms with E-state index in [-0.39, 0.29) is 11.9 Å². The Morgan fingerprint density at radius 3 is 2.66 bits per heavy atom. The minimum Gasteiger partial charge on any atom is -0.351 e. The second-order valence-corrected chi connectivity index (χ2v) is 7.25. The van der Waals surface area contributed by atoms with Crippen LogP contribution >= 0.6 is 0 Å². The van der Waals surface area contributed by atoms with Gasteiger partial charge in [0.1, 0.15) is 0 Å². The number of aromatic nitrogens is 2. The quantitative estimate of drug-likeness (QED) is 0.795. The van der Waals surface area contributed by atoms with Gasteiger partial charge in [-0.3, -0.25) is 9.69 Å². The molecule has 1 N–H and O–H groups in total. The number of hydrogen-bond donors (Lipinski definition) is 1. The molecule has 9 heteroatoms. The second kappa shape index (κ2) is 8.77. The molecule has 2 unspecified atom stereocenters. The number of hydrogen-bond acceptors (Lipinski definition) is 5. The number of nitrogens with zero attached hydrogens (tertiary/aromatic N) is 4. The molecule has 1 amide bonds. The third kappa shape index (κ3) is 5.23. The third-order valence-electron chi connectivity index (χ3n) is 5.25. The summed E-state index contributed by atoms with van der Waals surface area (Å²) < 4.78 is 38.0. The summed E-state index contributed by atoms with van der Waals surface area (Å²) >= 11 is 0. The second-order valence-electron chi connectivity index (χ2n) is 7.25. The number of carbonyl (C=O) groups is 1. The van der Waals surface area contributed by atoms with Crippen LogP contribution < -0.4 is 10.2 Å². The van der Waals surface area contributed by atoms with Gasteiger partial charge in [-0.25, -0.2) is 0 Å². The van der Waals surface area contributed by atoms with Crippen LogP contribution in [0.15, 0.2) is 42.6 Å². The largest absolute Gasteiger partial charge is 0.416 e. The molecular weight excluding hydrogens is 383 g/mol. The van der Waals surface area contributed by atoms with E-state index in [4.69, 9.17) is 0 Å². The first-order valence-electron chi connectivity index (χ1n) is 9.48. The molecule has 1 aliphatic rings. The Kier molecular flexibility index (Phi) is 6.36. The van der Waals surface area contributed by atoms with Gasteiger partial charge in [-0.15, -0.1) is 5.10 Å². The normalized spacial score (nSPS) is 18.1. The van der Waals surface area contributed by atoms with E-state index in [1.165, 1.54) is 12.1 Å². The van der Waals surface area contributed by atoms with Crippen LogP contribution in [0.3, 0.4) is 0 Å². The average molecular weight is 407 g/mol. The van der Waals surface area contributed by atoms with Crippen molar-refractivity contribution >= 4 is 17.4 Å². The van der Waals surface area contributed by atoms with E-state index in [9.17, 15) is 18.0 Å². The summed E-state index contributed by atoms with van der Waals surface area (Å²) in [5.41, 5.74) is -0.406. The van der Waals surface area contributed by atoms with Crippen LogP contribution in [0.5, 0.6) is 0 Å². The van der Waals surface area contributed by atoms with Crippen LogP contribution in [0, 0.1) is 0 Å². The molecule has 0 saturated carbocycles. The van der Waals surface area contributed by atoms with E-state index in [1.54, 1.807) is 13.1 Å². The Balaban J connectivity index is 1.58. The smallest absolute Gasteiger partial charge is 0.351 e. The van der Waals surface area contributed by atoms with Crippen LogP contribution in [0.1, 0.15) is 25.3 Å². The van der Waals surface area contributed by atoms with Crippen molar-refractivity contribution < 1.29 is 18.0 Å². The molecule has 1 aromatic carbocycles. The molecule has 1 fully saturated rings. The van der Waals surface area contributed by atoms with Crippen molar-refractivity contribution in [2.75, 3.05) is 30.4 Å². The van der Waals surface area contributed by atoms with Gasteiger partial charge in [0.2, 0.25) is 5.91 Å². The first-order chi connectivity index (χ1) is 13.8. The zero-order valence-corrected chi connectivity index (χ0v) is 16.4. The number of nitrogens with one attached hydrogen (secondary N) is 1. The van der Waals surface area contributed by atoms with Crippen LogP contribution in [0.25, 0.3) is 0 Å². The Hall–Kier alpha value is -2.68. The first kappa shape index (κ1) is 21.0. The van der Waals surface area contributed by atoms with Gasteiger partial charge in [0, 0.05) is 31.0 Å². The van der Waals surface area contributed by atoms with Gasteiger partial charge in [-0.05, 0) is 63.2 Å². The standard InChI is InChI=1S/C20H24F3N5O/c1-14(19(29)25-16-9-7-15(8-10-16)20(21,22)23)27(2)13-17-5-4-12-28(17)18-6-3-11-24-26-18/h3,6-11,14,17H,4-5,12-13H2,1-2H3,(H,25,29). The maximum Gasteiger partial charge on any atom is 0.416 e. The van der Waals surface area contributed by atoms with Gasteiger partial charge in [-0.1, -0.05) is 0 Å². The topological polar surface area (TPSA) is 61.4 Å². The summed E-state index contributed by atoms with van der Waals surface area (Å²) in [4.78, 5) is 16.7. The number of alkyl halides is 3. The van der Waals surface area contributed by atoms with E-state index in [0.717, 1.165) is 37.3 Å². The van der Waals surface area contributed by atoms with Crippen molar-refractivity contribution in [3.05, 3.63) is 48.2 Å². The maximum absolute atomic E-state index is 12.7. The lowest BCUT2D eigenvalue weighted by Gasteiger charge is -2.31. The highest BCUT2D eigenvalue weighted by Gasteiger charge is 2.31. The van der Waals surface area contributed by atoms with Crippen molar-refractivity contribution in [1.29, 1.82) is 0 Å². The Labute approximate surface area is 167 Å². The van der Waals surface area contributed by atoms with Gasteiger partial charge in [-0.2, -0.15) is 18.3 Å². The molecule has 0 bridgehead atoms. The Morgan fingerprint density at radius 1 is 1.31 bits per heavy atom. The number of likely N-dealkylation sites (N-methyl/N-ethyl adjacent to an activating group) is 1. The highest BCUT2D eigenvalue weighted by atomic mass is 19.4. The molecule has 1 saturated heterocycles. The van der Waals surface area contributed by atoms with Crippen LogP contribution in [-0.4, -0.2) is 53.2 Å². The zero-order chi connectivity index (χ0) is 21.0. The third-order valence-corrected chi connectivity index (χ3v) is 5.25. The molecule has 3 rings (SSSR count). The minimum atomic E-state index is -4.40. The molecule has 29 heavy (non-hydrogen) atoms. The van der Waals surface area contributed by atoms with Crippen molar-refractivity contribution in [2.45, 2.75) is 38.0 Å². The van der Waals surface area contributed by atoms with E-state index in [2.05, 4.69) is 20.4 Å². The molecule has 2 aromatic rings. The number of benzene rings is 1. The summed E-state index contributed by atoms with van der Waals surface area (Å²) in [6, 6.07) is 8.00. The Bertz CT molecular complexity index is 813. The fourth-order valence-corrected chi connectivity index (χ4v) is 3.45. The molecule has 1 aliphatic heterocycles. The first-order valence-corrected chi connectivity index (χ1v) is 9.48. The van der Waals surface area contributed by atoms with E-state index in [0.29, 0.717) is 12.2 Å². The van der Waals surface area contributed by atoms with Gasteiger partial charge >= 0.3 is 6.18 Å². The highest BCUT2D eigenvalue weighted by Crippen LogP contribution is 2.30. The monoisotopic (exact) mass is 407 g/mol. The highest BCUT2D eigenvalue weighted by molar-refractivity contribution is 5.94. The lowest BCUT2D eigenvalue weighted by Crippen LogP contribution is -2.46. The van der Waals surface area contributed by atoms with Gasteiger partial charge in [0.05, 0.1) is 11.6 Å². The van der Waals surface area contributed by atoms with Crippen molar-refractivity contribution in [3.63, 3.8) is 0 Å². The number of anilines is 2. The van der Waals surface area contributed by atoms with Crippen LogP contribution in [-0.2, 0) is 11.0 Å². The van der Waals surface area contributed by atoms with Gasteiger partial charge < -0.3 is 10.2 Å². The predicted octanol–water partition coefficient (Wildman–Crippen LogP) is 3.42. The lowest BCUT2D eigenvalue weighted by molar-refractivity contribution is -0.137. The molecule has 0 spiro atoms. The SMILES string of the molecule is CC(C(=O)Nc1ccc(C(F)(F)F)cc1)N(C)CC1CCCN1c1cccnn1. The lowest BCUT2D eigenvalue weighted by atomic mass is 10.1. The number of amides is 1. The molecule has 0 aliphatic carbocycles. The minimum absolute atomic E-state index is 0.220. The summed E-state index contributed by atoms with van der Waals surface area (Å²) in [7, 11) is 1.87. The van der Waals surface area contributed by atoms with E-state index in [1.807, 2.05) is 24.1 Å². The van der Waals surface area contributed by atoms with Gasteiger partial charge in [0.15, 0.2) is 5.82 Å². The van der Waals surface area contributed by atoms with Crippen molar-refractivity contribution in [2.24, 2.45) is 0 Å². The average Bonchev–Trinajstić information content (AvgIpc) is 3.15. The van der Waals surface area contributed by atoms with Crippen LogP contribution in [0.4, 0.5) is 24.7 Å². The maximum atomic E-state index is 12.7. The van der Waals surface area contributed by atoms with Gasteiger partial charge in [0.25, 0.3) is 0 Å². The zero-order valence-electron chi connectivity index (χ0n) is 16.4. The molecule has 1 aromatic heterocycles. The molecule has 2 atom stereocenters. The Morgan fingerprint density at radius 2 is 2.03 bits per heavy atom. The molecular formula is C20H24F3N5O.